The van der Waals surface area contributed by atoms with E-state index < -0.39 is 0 Å². The van der Waals surface area contributed by atoms with Crippen molar-refractivity contribution < 1.29 is 4.79 Å². The summed E-state index contributed by atoms with van der Waals surface area (Å²) in [6, 6.07) is 0. The summed E-state index contributed by atoms with van der Waals surface area (Å²) >= 11 is 7.71. The van der Waals surface area contributed by atoms with E-state index in [1.54, 1.807) is 18.2 Å². The normalized spacial score (nSPS) is 14.5. The van der Waals surface area contributed by atoms with Gasteiger partial charge in [0.05, 0.1) is 11.9 Å². The molecule has 3 rings (SSSR count). The van der Waals surface area contributed by atoms with E-state index in [1.165, 1.54) is 17.7 Å². The number of nitrogens with zero attached hydrogens (tertiary/aromatic N) is 4. The van der Waals surface area contributed by atoms with Crippen LogP contribution in [0, 0.1) is 5.41 Å². The number of nitrogens with one attached hydrogen (secondary N) is 1. The molecule has 0 bridgehead atoms. The molecule has 1 amide bonds. The third-order valence-electron chi connectivity index (χ3n) is 3.61. The number of carbonyl (C=O) groups is 1. The minimum absolute atomic E-state index is 0.0629. The molecular weight excluding hydrogens is 322 g/mol. The van der Waals surface area contributed by atoms with E-state index in [4.69, 9.17) is 17.0 Å². The molecule has 0 saturated carbocycles. The van der Waals surface area contributed by atoms with Gasteiger partial charge in [0, 0.05) is 31.1 Å². The molecule has 0 aromatic carbocycles. The smallest absolute Gasteiger partial charge is 0.268 e. The molecule has 0 aliphatic carbocycles. The number of fused-ring (bicyclic) bond motifs is 3. The second-order valence-corrected chi connectivity index (χ2v) is 6.39. The molecule has 0 unspecified atom stereocenters. The molecule has 2 aromatic heterocycles. The Morgan fingerprint density at radius 3 is 3.18 bits per heavy atom. The number of carbonyl (C=O) groups excluding carboxylic acids is 1. The van der Waals surface area contributed by atoms with Gasteiger partial charge in [-0.25, -0.2) is 9.97 Å². The van der Waals surface area contributed by atoms with E-state index in [0.29, 0.717) is 24.7 Å². The van der Waals surface area contributed by atoms with Crippen LogP contribution in [0.4, 0.5) is 0 Å². The molecule has 22 heavy (non-hydrogen) atoms. The van der Waals surface area contributed by atoms with E-state index in [0.717, 1.165) is 20.7 Å². The Balaban J connectivity index is 1.85. The molecule has 1 aliphatic rings. The van der Waals surface area contributed by atoms with Gasteiger partial charge in [-0.2, -0.15) is 0 Å². The Hall–Kier alpha value is -1.86. The Bertz CT molecular complexity index is 785. The third-order valence-corrected chi connectivity index (χ3v) is 5.03. The average molecular weight is 336 g/mol. The third kappa shape index (κ3) is 2.62. The lowest BCUT2D eigenvalue weighted by Gasteiger charge is -2.27. The van der Waals surface area contributed by atoms with Gasteiger partial charge in [-0.3, -0.25) is 10.2 Å². The van der Waals surface area contributed by atoms with Crippen LogP contribution in [0.3, 0.4) is 0 Å². The van der Waals surface area contributed by atoms with Gasteiger partial charge in [0.15, 0.2) is 0 Å². The predicted octanol–water partition coefficient (Wildman–Crippen LogP) is 2.34. The number of amides is 1. The van der Waals surface area contributed by atoms with Gasteiger partial charge in [0.1, 0.15) is 22.0 Å². The standard InChI is InChI=1S/C14H14ClN5OS/c1-17-4-2-9(16)14(21)20-5-3-8-10(6-20)22-13-11(8)12(15)18-7-19-13/h4,7,16H,2-3,5-6H2,1H3. The molecule has 6 nitrogen and oxygen atoms in total. The van der Waals surface area contributed by atoms with Gasteiger partial charge < -0.3 is 9.89 Å². The van der Waals surface area contributed by atoms with Gasteiger partial charge in [-0.1, -0.05) is 11.6 Å². The van der Waals surface area contributed by atoms with Crippen molar-refractivity contribution in [1.29, 1.82) is 5.41 Å². The Morgan fingerprint density at radius 2 is 2.41 bits per heavy atom. The fourth-order valence-electron chi connectivity index (χ4n) is 2.52. The Labute approximate surface area is 136 Å². The highest BCUT2D eigenvalue weighted by atomic mass is 35.5. The SMILES string of the molecule is CN=CCC(=N)C(=O)N1CCc2c(sc3ncnc(Cl)c23)C1. The predicted molar refractivity (Wildman–Crippen MR) is 88.3 cm³/mol. The molecule has 3 heterocycles. The van der Waals surface area contributed by atoms with Crippen LogP contribution in [0.1, 0.15) is 16.9 Å². The lowest BCUT2D eigenvalue weighted by molar-refractivity contribution is -0.125. The number of thiophene rings is 1. The molecule has 2 aromatic rings. The zero-order chi connectivity index (χ0) is 15.7. The summed E-state index contributed by atoms with van der Waals surface area (Å²) in [6.07, 6.45) is 4.01. The molecule has 8 heteroatoms. The summed E-state index contributed by atoms with van der Waals surface area (Å²) in [5, 5.41) is 9.21. The number of aliphatic imine (C=N–C) groups is 1. The molecular formula is C14H14ClN5OS. The average Bonchev–Trinajstić information content (AvgIpc) is 2.90. The number of hydrogen-bond donors (Lipinski definition) is 1. The molecule has 0 atom stereocenters. The molecule has 1 aliphatic heterocycles. The highest BCUT2D eigenvalue weighted by molar-refractivity contribution is 7.19. The van der Waals surface area contributed by atoms with Crippen molar-refractivity contribution in [3.05, 3.63) is 21.9 Å². The summed E-state index contributed by atoms with van der Waals surface area (Å²) < 4.78 is 0. The second-order valence-electron chi connectivity index (χ2n) is 4.95. The minimum atomic E-state index is -0.236. The van der Waals surface area contributed by atoms with Crippen molar-refractivity contribution in [3.8, 4) is 0 Å². The van der Waals surface area contributed by atoms with Crippen LogP contribution in [0.5, 0.6) is 0 Å². The largest absolute Gasteiger partial charge is 0.332 e. The highest BCUT2D eigenvalue weighted by Gasteiger charge is 2.27. The van der Waals surface area contributed by atoms with E-state index in [2.05, 4.69) is 15.0 Å². The first-order chi connectivity index (χ1) is 10.6. The Kier molecular flexibility index (Phi) is 4.17. The molecule has 0 spiro atoms. The van der Waals surface area contributed by atoms with Crippen molar-refractivity contribution in [1.82, 2.24) is 14.9 Å². The molecule has 0 saturated heterocycles. The van der Waals surface area contributed by atoms with Gasteiger partial charge in [-0.15, -0.1) is 11.3 Å². The van der Waals surface area contributed by atoms with Crippen molar-refractivity contribution in [2.75, 3.05) is 13.6 Å². The van der Waals surface area contributed by atoms with E-state index in [1.807, 2.05) is 0 Å². The fourth-order valence-corrected chi connectivity index (χ4v) is 4.03. The quantitative estimate of drug-likeness (QED) is 0.690. The second kappa shape index (κ2) is 6.10. The maximum absolute atomic E-state index is 12.3. The first-order valence-electron chi connectivity index (χ1n) is 6.80. The van der Waals surface area contributed by atoms with Crippen molar-refractivity contribution in [3.63, 3.8) is 0 Å². The van der Waals surface area contributed by atoms with Crippen molar-refractivity contribution in [2.45, 2.75) is 19.4 Å². The maximum Gasteiger partial charge on any atom is 0.268 e. The van der Waals surface area contributed by atoms with E-state index in [9.17, 15) is 4.79 Å². The minimum Gasteiger partial charge on any atom is -0.332 e. The number of halogens is 1. The van der Waals surface area contributed by atoms with Gasteiger partial charge in [0.2, 0.25) is 0 Å². The topological polar surface area (TPSA) is 82.3 Å². The first kappa shape index (κ1) is 15.1. The van der Waals surface area contributed by atoms with Crippen LogP contribution in [0.15, 0.2) is 11.3 Å². The van der Waals surface area contributed by atoms with Gasteiger partial charge >= 0.3 is 0 Å². The van der Waals surface area contributed by atoms with Crippen LogP contribution in [0.2, 0.25) is 5.15 Å². The summed E-state index contributed by atoms with van der Waals surface area (Å²) in [5.74, 6) is -0.236. The lowest BCUT2D eigenvalue weighted by Crippen LogP contribution is -2.39. The van der Waals surface area contributed by atoms with Crippen molar-refractivity contribution >= 4 is 51.0 Å². The molecule has 0 fully saturated rings. The maximum atomic E-state index is 12.3. The monoisotopic (exact) mass is 335 g/mol. The molecule has 114 valence electrons. The highest BCUT2D eigenvalue weighted by Crippen LogP contribution is 2.36. The van der Waals surface area contributed by atoms with Gasteiger partial charge in [0.25, 0.3) is 5.91 Å². The van der Waals surface area contributed by atoms with Crippen LogP contribution < -0.4 is 0 Å². The summed E-state index contributed by atoms with van der Waals surface area (Å²) in [4.78, 5) is 28.0. The summed E-state index contributed by atoms with van der Waals surface area (Å²) in [7, 11) is 1.63. The molecule has 1 N–H and O–H groups in total. The summed E-state index contributed by atoms with van der Waals surface area (Å²) in [6.45, 7) is 1.08. The molecule has 0 radical (unpaired) electrons. The number of aromatic nitrogens is 2. The van der Waals surface area contributed by atoms with Gasteiger partial charge in [-0.05, 0) is 12.0 Å². The zero-order valence-corrected chi connectivity index (χ0v) is 13.5. The zero-order valence-electron chi connectivity index (χ0n) is 12.0. The summed E-state index contributed by atoms with van der Waals surface area (Å²) in [5.41, 5.74) is 1.20. The van der Waals surface area contributed by atoms with E-state index in [-0.39, 0.29) is 18.0 Å². The number of hydrogen-bond acceptors (Lipinski definition) is 6. The fraction of sp³-hybridized carbons (Fsp3) is 0.357. The first-order valence-corrected chi connectivity index (χ1v) is 7.99. The van der Waals surface area contributed by atoms with Crippen molar-refractivity contribution in [2.24, 2.45) is 4.99 Å². The van der Waals surface area contributed by atoms with Crippen LogP contribution in [0.25, 0.3) is 10.2 Å². The van der Waals surface area contributed by atoms with Crippen LogP contribution in [-0.4, -0.2) is 46.3 Å². The van der Waals surface area contributed by atoms with Crippen LogP contribution in [-0.2, 0) is 17.8 Å². The van der Waals surface area contributed by atoms with Crippen LogP contribution >= 0.6 is 22.9 Å². The Morgan fingerprint density at radius 1 is 1.59 bits per heavy atom. The van der Waals surface area contributed by atoms with E-state index >= 15 is 0 Å². The lowest BCUT2D eigenvalue weighted by atomic mass is 10.0. The number of rotatable bonds is 3.